The maximum absolute atomic E-state index is 10.9. The predicted octanol–water partition coefficient (Wildman–Crippen LogP) is 2.14. The molecule has 0 aliphatic rings. The molecule has 0 aliphatic heterocycles. The van der Waals surface area contributed by atoms with Gasteiger partial charge in [-0.25, -0.2) is 0 Å². The lowest BCUT2D eigenvalue weighted by Gasteiger charge is -2.18. The van der Waals surface area contributed by atoms with Crippen molar-refractivity contribution in [2.24, 2.45) is 5.10 Å². The van der Waals surface area contributed by atoms with E-state index in [1.807, 2.05) is 0 Å². The van der Waals surface area contributed by atoms with Gasteiger partial charge in [0.1, 0.15) is 0 Å². The van der Waals surface area contributed by atoms with Crippen molar-refractivity contribution >= 4 is 21.7 Å². The molecular weight excluding hydrogens is 284 g/mol. The third-order valence-corrected chi connectivity index (χ3v) is 3.09. The van der Waals surface area contributed by atoms with Gasteiger partial charge in [0.25, 0.3) is 10.1 Å². The first-order valence-electron chi connectivity index (χ1n) is 5.69. The lowest BCUT2D eigenvalue weighted by molar-refractivity contribution is 0.320. The molecule has 0 saturated heterocycles. The van der Waals surface area contributed by atoms with Crippen molar-refractivity contribution in [1.29, 1.82) is 0 Å². The van der Waals surface area contributed by atoms with Gasteiger partial charge in [0.05, 0.1) is 17.2 Å². The van der Waals surface area contributed by atoms with Crippen LogP contribution in [0.25, 0.3) is 0 Å². The molecule has 0 heterocycles. The van der Waals surface area contributed by atoms with Crippen molar-refractivity contribution in [3.05, 3.63) is 36.7 Å². The summed E-state index contributed by atoms with van der Waals surface area (Å²) in [6, 6.07) is 5.11. The van der Waals surface area contributed by atoms with E-state index in [0.29, 0.717) is 18.2 Å². The average molecular weight is 300 g/mol. The summed E-state index contributed by atoms with van der Waals surface area (Å²) in [5.41, 5.74) is 0.365. The van der Waals surface area contributed by atoms with Crippen LogP contribution in [-0.2, 0) is 14.9 Å². The van der Waals surface area contributed by atoms with Crippen molar-refractivity contribution in [1.82, 2.24) is 0 Å². The van der Waals surface area contributed by atoms with Gasteiger partial charge in [-0.3, -0.25) is 4.55 Å². The van der Waals surface area contributed by atoms with Gasteiger partial charge in [0.15, 0.2) is 0 Å². The number of anilines is 1. The normalized spacial score (nSPS) is 12.1. The third-order valence-electron chi connectivity index (χ3n) is 2.22. The molecule has 0 bridgehead atoms. The Kier molecular flexibility index (Phi) is 5.12. The van der Waals surface area contributed by atoms with Crippen LogP contribution in [0.5, 0.6) is 0 Å². The fraction of sp³-hybridized carbons (Fsp3) is 0.250. The SMILES string of the molecule is C=C(O)N(/N=C(\C)OCC)c1ccc(S(=O)(=O)O)cc1. The van der Waals surface area contributed by atoms with Crippen molar-refractivity contribution in [2.75, 3.05) is 11.6 Å². The predicted molar refractivity (Wildman–Crippen MR) is 75.2 cm³/mol. The molecule has 0 atom stereocenters. The number of hydrazone groups is 1. The fourth-order valence-electron chi connectivity index (χ4n) is 1.40. The second-order valence-corrected chi connectivity index (χ2v) is 5.17. The van der Waals surface area contributed by atoms with E-state index in [4.69, 9.17) is 9.29 Å². The van der Waals surface area contributed by atoms with Crippen LogP contribution in [0.3, 0.4) is 0 Å². The molecule has 0 fully saturated rings. The molecule has 1 aromatic rings. The van der Waals surface area contributed by atoms with E-state index in [1.165, 1.54) is 24.3 Å². The Morgan fingerprint density at radius 3 is 2.35 bits per heavy atom. The van der Waals surface area contributed by atoms with Gasteiger partial charge in [-0.1, -0.05) is 0 Å². The van der Waals surface area contributed by atoms with Crippen LogP contribution < -0.4 is 5.01 Å². The number of hydrogen-bond acceptors (Lipinski definition) is 6. The zero-order chi connectivity index (χ0) is 15.3. The molecule has 1 aromatic carbocycles. The van der Waals surface area contributed by atoms with E-state index in [-0.39, 0.29) is 10.8 Å². The Morgan fingerprint density at radius 2 is 1.95 bits per heavy atom. The highest BCUT2D eigenvalue weighted by Gasteiger charge is 2.13. The molecule has 0 saturated carbocycles. The van der Waals surface area contributed by atoms with Crippen molar-refractivity contribution in [3.63, 3.8) is 0 Å². The maximum Gasteiger partial charge on any atom is 0.294 e. The molecule has 20 heavy (non-hydrogen) atoms. The smallest absolute Gasteiger partial charge is 0.294 e. The highest BCUT2D eigenvalue weighted by atomic mass is 32.2. The van der Waals surface area contributed by atoms with Gasteiger partial charge in [-0.05, 0) is 37.8 Å². The van der Waals surface area contributed by atoms with Crippen molar-refractivity contribution in [2.45, 2.75) is 18.7 Å². The Bertz CT molecular complexity index is 607. The molecule has 1 rings (SSSR count). The summed E-state index contributed by atoms with van der Waals surface area (Å²) in [5, 5.41) is 14.6. The van der Waals surface area contributed by atoms with Crippen LogP contribution in [0.1, 0.15) is 13.8 Å². The number of benzene rings is 1. The molecule has 7 nitrogen and oxygen atoms in total. The van der Waals surface area contributed by atoms with Gasteiger partial charge in [-0.15, -0.1) is 5.10 Å². The summed E-state index contributed by atoms with van der Waals surface area (Å²) in [6.07, 6.45) is 0. The second-order valence-electron chi connectivity index (χ2n) is 3.75. The number of aliphatic hydroxyl groups is 1. The Balaban J connectivity index is 3.11. The number of nitrogens with zero attached hydrogens (tertiary/aromatic N) is 2. The van der Waals surface area contributed by atoms with Gasteiger partial charge in [-0.2, -0.15) is 13.4 Å². The number of ether oxygens (including phenoxy) is 1. The Morgan fingerprint density at radius 1 is 1.40 bits per heavy atom. The molecule has 2 N–H and O–H groups in total. The highest BCUT2D eigenvalue weighted by molar-refractivity contribution is 7.85. The molecular formula is C12H16N2O5S. The average Bonchev–Trinajstić information content (AvgIpc) is 2.35. The standard InChI is InChI=1S/C12H16N2O5S/c1-4-19-9(2)13-14(10(3)15)11-5-7-12(8-6-11)20(16,17)18/h5-8,15H,3-4H2,1-2H3,(H,16,17,18)/b13-9+. The summed E-state index contributed by atoms with van der Waals surface area (Å²) in [4.78, 5) is -0.254. The molecule has 0 aliphatic carbocycles. The fourth-order valence-corrected chi connectivity index (χ4v) is 1.88. The van der Waals surface area contributed by atoms with Crippen molar-refractivity contribution < 1.29 is 22.8 Å². The molecule has 0 unspecified atom stereocenters. The minimum atomic E-state index is -4.26. The van der Waals surface area contributed by atoms with E-state index >= 15 is 0 Å². The minimum Gasteiger partial charge on any atom is -0.494 e. The Labute approximate surface area is 117 Å². The minimum absolute atomic E-state index is 0.254. The summed E-state index contributed by atoms with van der Waals surface area (Å²) in [6.45, 7) is 7.18. The zero-order valence-corrected chi connectivity index (χ0v) is 12.0. The lowest BCUT2D eigenvalue weighted by Crippen LogP contribution is -2.18. The number of hydrogen-bond donors (Lipinski definition) is 2. The van der Waals surface area contributed by atoms with Crippen molar-refractivity contribution in [3.8, 4) is 0 Å². The van der Waals surface area contributed by atoms with Gasteiger partial charge in [0, 0.05) is 6.92 Å². The molecule has 110 valence electrons. The van der Waals surface area contributed by atoms with Gasteiger partial charge >= 0.3 is 0 Å². The van der Waals surface area contributed by atoms with E-state index in [2.05, 4.69) is 11.7 Å². The van der Waals surface area contributed by atoms with Crippen LogP contribution in [0.4, 0.5) is 5.69 Å². The number of aliphatic hydroxyl groups excluding tert-OH is 1. The number of rotatable bonds is 5. The van der Waals surface area contributed by atoms with E-state index in [0.717, 1.165) is 5.01 Å². The van der Waals surface area contributed by atoms with Crippen LogP contribution in [0.15, 0.2) is 46.7 Å². The molecule has 0 radical (unpaired) electrons. The van der Waals surface area contributed by atoms with E-state index in [9.17, 15) is 13.5 Å². The summed E-state index contributed by atoms with van der Waals surface area (Å²) >= 11 is 0. The summed E-state index contributed by atoms with van der Waals surface area (Å²) in [7, 11) is -4.26. The zero-order valence-electron chi connectivity index (χ0n) is 11.1. The first kappa shape index (κ1) is 16.0. The van der Waals surface area contributed by atoms with Crippen LogP contribution in [0, 0.1) is 0 Å². The van der Waals surface area contributed by atoms with Gasteiger partial charge < -0.3 is 9.84 Å². The largest absolute Gasteiger partial charge is 0.494 e. The molecule has 8 heteroatoms. The summed E-state index contributed by atoms with van der Waals surface area (Å²) in [5.74, 6) is -0.0507. The highest BCUT2D eigenvalue weighted by Crippen LogP contribution is 2.20. The molecule has 0 spiro atoms. The first-order chi connectivity index (χ1) is 9.25. The van der Waals surface area contributed by atoms with Crippen LogP contribution >= 0.6 is 0 Å². The lowest BCUT2D eigenvalue weighted by atomic mass is 10.3. The first-order valence-corrected chi connectivity index (χ1v) is 7.13. The van der Waals surface area contributed by atoms with Crippen LogP contribution in [-0.4, -0.2) is 30.6 Å². The maximum atomic E-state index is 10.9. The molecule has 0 aromatic heterocycles. The summed E-state index contributed by atoms with van der Waals surface area (Å²) < 4.78 is 35.9. The molecule has 0 amide bonds. The second kappa shape index (κ2) is 6.40. The quantitative estimate of drug-likeness (QED) is 0.284. The third kappa shape index (κ3) is 4.25. The Hall–Kier alpha value is -2.06. The van der Waals surface area contributed by atoms with Crippen LogP contribution in [0.2, 0.25) is 0 Å². The van der Waals surface area contributed by atoms with E-state index in [1.54, 1.807) is 13.8 Å². The monoisotopic (exact) mass is 300 g/mol. The van der Waals surface area contributed by atoms with E-state index < -0.39 is 10.1 Å². The topological polar surface area (TPSA) is 99.4 Å². The van der Waals surface area contributed by atoms with Gasteiger partial charge in [0.2, 0.25) is 11.8 Å².